The molecule has 0 aromatic heterocycles. The Morgan fingerprint density at radius 3 is 2.29 bits per heavy atom. The van der Waals surface area contributed by atoms with Gasteiger partial charge in [0.15, 0.2) is 0 Å². The molecule has 74 valence electrons. The zero-order valence-corrected chi connectivity index (χ0v) is 8.62. The predicted molar refractivity (Wildman–Crippen MR) is 56.4 cm³/mol. The van der Waals surface area contributed by atoms with E-state index in [1.165, 1.54) is 30.4 Å². The van der Waals surface area contributed by atoms with Crippen LogP contribution in [0.3, 0.4) is 0 Å². The van der Waals surface area contributed by atoms with E-state index < -0.39 is 0 Å². The minimum absolute atomic E-state index is 0.397. The SMILES string of the molecule is Cc1ccc(C2(C3CO3)CCC2)cc1. The number of rotatable bonds is 2. The number of aryl methyl sites for hydroxylation is 1. The van der Waals surface area contributed by atoms with Gasteiger partial charge in [-0.15, -0.1) is 0 Å². The smallest absolute Gasteiger partial charge is 0.0906 e. The maximum Gasteiger partial charge on any atom is 0.0906 e. The van der Waals surface area contributed by atoms with Crippen LogP contribution in [0.4, 0.5) is 0 Å². The Kier molecular flexibility index (Phi) is 1.72. The van der Waals surface area contributed by atoms with E-state index in [1.807, 2.05) is 0 Å². The Balaban J connectivity index is 1.95. The molecule has 1 aliphatic carbocycles. The van der Waals surface area contributed by atoms with Gasteiger partial charge in [0.1, 0.15) is 0 Å². The zero-order valence-electron chi connectivity index (χ0n) is 8.62. The van der Waals surface area contributed by atoms with Gasteiger partial charge in [0.05, 0.1) is 12.7 Å². The van der Waals surface area contributed by atoms with Crippen molar-refractivity contribution in [1.82, 2.24) is 0 Å². The molecule has 1 heterocycles. The van der Waals surface area contributed by atoms with Crippen molar-refractivity contribution in [2.45, 2.75) is 37.7 Å². The van der Waals surface area contributed by atoms with Gasteiger partial charge in [-0.2, -0.15) is 0 Å². The second-order valence-electron chi connectivity index (χ2n) is 4.70. The molecule has 1 aromatic rings. The summed E-state index contributed by atoms with van der Waals surface area (Å²) in [6, 6.07) is 9.02. The summed E-state index contributed by atoms with van der Waals surface area (Å²) in [5, 5.41) is 0. The highest BCUT2D eigenvalue weighted by Gasteiger charge is 2.51. The number of hydrogen-bond donors (Lipinski definition) is 0. The minimum Gasteiger partial charge on any atom is -0.372 e. The zero-order chi connectivity index (χ0) is 9.60. The van der Waals surface area contributed by atoms with Crippen molar-refractivity contribution in [1.29, 1.82) is 0 Å². The normalized spacial score (nSPS) is 28.2. The lowest BCUT2D eigenvalue weighted by Crippen LogP contribution is -2.39. The van der Waals surface area contributed by atoms with Crippen molar-refractivity contribution in [2.75, 3.05) is 6.61 Å². The van der Waals surface area contributed by atoms with Crippen LogP contribution in [0.5, 0.6) is 0 Å². The number of epoxide rings is 1. The van der Waals surface area contributed by atoms with Crippen molar-refractivity contribution in [3.05, 3.63) is 35.4 Å². The molecule has 1 nitrogen and oxygen atoms in total. The molecular weight excluding hydrogens is 172 g/mol. The van der Waals surface area contributed by atoms with Crippen molar-refractivity contribution >= 4 is 0 Å². The van der Waals surface area contributed by atoms with Crippen molar-refractivity contribution in [3.8, 4) is 0 Å². The van der Waals surface area contributed by atoms with Gasteiger partial charge in [0.2, 0.25) is 0 Å². The summed E-state index contributed by atoms with van der Waals surface area (Å²) >= 11 is 0. The Labute approximate surface area is 85.1 Å². The lowest BCUT2D eigenvalue weighted by Gasteiger charge is -2.41. The molecule has 3 rings (SSSR count). The molecular formula is C13H16O. The monoisotopic (exact) mass is 188 g/mol. The van der Waals surface area contributed by atoms with Crippen LogP contribution in [-0.4, -0.2) is 12.7 Å². The van der Waals surface area contributed by atoms with E-state index in [0.717, 1.165) is 6.61 Å². The fourth-order valence-corrected chi connectivity index (χ4v) is 2.61. The van der Waals surface area contributed by atoms with Gasteiger partial charge in [-0.1, -0.05) is 36.2 Å². The number of benzene rings is 1. The summed E-state index contributed by atoms with van der Waals surface area (Å²) in [6.07, 6.45) is 4.54. The van der Waals surface area contributed by atoms with E-state index in [-0.39, 0.29) is 0 Å². The third kappa shape index (κ3) is 1.12. The highest BCUT2D eigenvalue weighted by atomic mass is 16.6. The average molecular weight is 188 g/mol. The molecule has 1 aromatic carbocycles. The third-order valence-corrected chi connectivity index (χ3v) is 3.82. The lowest BCUT2D eigenvalue weighted by molar-refractivity contribution is 0.177. The molecule has 0 N–H and O–H groups in total. The van der Waals surface area contributed by atoms with Crippen LogP contribution in [0.2, 0.25) is 0 Å². The molecule has 2 fully saturated rings. The maximum atomic E-state index is 5.50. The Morgan fingerprint density at radius 2 is 1.86 bits per heavy atom. The summed E-state index contributed by atoms with van der Waals surface area (Å²) in [7, 11) is 0. The molecule has 1 aliphatic heterocycles. The minimum atomic E-state index is 0.397. The van der Waals surface area contributed by atoms with Crippen LogP contribution in [0.15, 0.2) is 24.3 Å². The van der Waals surface area contributed by atoms with Crippen LogP contribution in [-0.2, 0) is 10.2 Å². The van der Waals surface area contributed by atoms with Crippen molar-refractivity contribution < 1.29 is 4.74 Å². The molecule has 1 atom stereocenters. The quantitative estimate of drug-likeness (QED) is 0.650. The molecule has 0 spiro atoms. The summed E-state index contributed by atoms with van der Waals surface area (Å²) in [6.45, 7) is 3.12. The molecule has 1 saturated heterocycles. The molecule has 0 radical (unpaired) electrons. The molecule has 0 bridgehead atoms. The van der Waals surface area contributed by atoms with Gasteiger partial charge in [-0.25, -0.2) is 0 Å². The largest absolute Gasteiger partial charge is 0.372 e. The van der Waals surface area contributed by atoms with Crippen LogP contribution >= 0.6 is 0 Å². The van der Waals surface area contributed by atoms with Crippen LogP contribution in [0.25, 0.3) is 0 Å². The average Bonchev–Trinajstić information content (AvgIpc) is 2.90. The second kappa shape index (κ2) is 2.83. The molecule has 0 amide bonds. The van der Waals surface area contributed by atoms with Crippen LogP contribution in [0.1, 0.15) is 30.4 Å². The first-order chi connectivity index (χ1) is 6.81. The summed E-state index contributed by atoms with van der Waals surface area (Å²) in [5.74, 6) is 0. The second-order valence-corrected chi connectivity index (χ2v) is 4.70. The van der Waals surface area contributed by atoms with E-state index in [1.54, 1.807) is 0 Å². The van der Waals surface area contributed by atoms with E-state index in [4.69, 9.17) is 4.74 Å². The van der Waals surface area contributed by atoms with Crippen LogP contribution < -0.4 is 0 Å². The van der Waals surface area contributed by atoms with Crippen molar-refractivity contribution in [2.24, 2.45) is 0 Å². The van der Waals surface area contributed by atoms with E-state index in [2.05, 4.69) is 31.2 Å². The first kappa shape index (κ1) is 8.49. The van der Waals surface area contributed by atoms with Crippen molar-refractivity contribution in [3.63, 3.8) is 0 Å². The highest BCUT2D eigenvalue weighted by Crippen LogP contribution is 2.51. The summed E-state index contributed by atoms with van der Waals surface area (Å²) < 4.78 is 5.50. The van der Waals surface area contributed by atoms with Gasteiger partial charge in [-0.05, 0) is 25.3 Å². The fourth-order valence-electron chi connectivity index (χ4n) is 2.61. The van der Waals surface area contributed by atoms with E-state index in [0.29, 0.717) is 11.5 Å². The molecule has 1 saturated carbocycles. The lowest BCUT2D eigenvalue weighted by atomic mass is 9.62. The van der Waals surface area contributed by atoms with E-state index >= 15 is 0 Å². The number of hydrogen-bond acceptors (Lipinski definition) is 1. The Morgan fingerprint density at radius 1 is 1.21 bits per heavy atom. The van der Waals surface area contributed by atoms with Gasteiger partial charge in [-0.3, -0.25) is 0 Å². The first-order valence-electron chi connectivity index (χ1n) is 5.50. The molecule has 14 heavy (non-hydrogen) atoms. The third-order valence-electron chi connectivity index (χ3n) is 3.82. The Hall–Kier alpha value is -0.820. The maximum absolute atomic E-state index is 5.50. The van der Waals surface area contributed by atoms with E-state index in [9.17, 15) is 0 Å². The summed E-state index contributed by atoms with van der Waals surface area (Å²) in [5.41, 5.74) is 3.24. The number of ether oxygens (including phenoxy) is 1. The molecule has 1 heteroatoms. The topological polar surface area (TPSA) is 12.5 Å². The van der Waals surface area contributed by atoms with Gasteiger partial charge in [0.25, 0.3) is 0 Å². The predicted octanol–water partition coefficient (Wildman–Crippen LogP) is 2.82. The molecule has 2 aliphatic rings. The fraction of sp³-hybridized carbons (Fsp3) is 0.538. The van der Waals surface area contributed by atoms with Gasteiger partial charge >= 0.3 is 0 Å². The Bertz CT molecular complexity index is 331. The summed E-state index contributed by atoms with van der Waals surface area (Å²) in [4.78, 5) is 0. The van der Waals surface area contributed by atoms with Gasteiger partial charge in [0, 0.05) is 5.41 Å². The first-order valence-corrected chi connectivity index (χ1v) is 5.50. The van der Waals surface area contributed by atoms with Gasteiger partial charge < -0.3 is 4.74 Å². The molecule has 1 unspecified atom stereocenters. The standard InChI is InChI=1S/C13H16O/c1-10-3-5-11(6-4-10)13(7-2-8-13)12-9-14-12/h3-6,12H,2,7-9H2,1H3. The van der Waals surface area contributed by atoms with Crippen LogP contribution in [0, 0.1) is 6.92 Å². The highest BCUT2D eigenvalue weighted by molar-refractivity contribution is 5.33.